The Kier molecular flexibility index (Phi) is 4.64. The maximum atomic E-state index is 12.2. The fourth-order valence-electron chi connectivity index (χ4n) is 3.77. The average molecular weight is 236 g/mol. The molecule has 0 radical (unpaired) electrons. The van der Waals surface area contributed by atoms with Gasteiger partial charge in [-0.25, -0.2) is 0 Å². The fourth-order valence-corrected chi connectivity index (χ4v) is 3.77. The number of rotatable bonds is 4. The van der Waals surface area contributed by atoms with Crippen LogP contribution >= 0.6 is 0 Å². The fraction of sp³-hybridized carbons (Fsp3) is 0.938. The predicted molar refractivity (Wildman–Crippen MR) is 71.9 cm³/mol. The van der Waals surface area contributed by atoms with Crippen molar-refractivity contribution in [1.29, 1.82) is 0 Å². The Balaban J connectivity index is 1.74. The minimum absolute atomic E-state index is 0.422. The Morgan fingerprint density at radius 1 is 1.00 bits per heavy atom. The van der Waals surface area contributed by atoms with Crippen molar-refractivity contribution in [3.8, 4) is 0 Å². The van der Waals surface area contributed by atoms with E-state index in [1.807, 2.05) is 0 Å². The van der Waals surface area contributed by atoms with Crippen molar-refractivity contribution in [2.75, 3.05) is 0 Å². The summed E-state index contributed by atoms with van der Waals surface area (Å²) in [5.41, 5.74) is 0. The number of ketones is 1. The third kappa shape index (κ3) is 3.56. The molecule has 0 heterocycles. The lowest BCUT2D eigenvalue weighted by Crippen LogP contribution is -2.25. The van der Waals surface area contributed by atoms with Crippen molar-refractivity contribution in [2.45, 2.75) is 71.6 Å². The molecule has 2 fully saturated rings. The summed E-state index contributed by atoms with van der Waals surface area (Å²) in [6, 6.07) is 0. The van der Waals surface area contributed by atoms with E-state index in [0.29, 0.717) is 11.7 Å². The van der Waals surface area contributed by atoms with Gasteiger partial charge in [-0.2, -0.15) is 0 Å². The van der Waals surface area contributed by atoms with E-state index in [1.54, 1.807) is 0 Å². The van der Waals surface area contributed by atoms with Gasteiger partial charge in [0.25, 0.3) is 0 Å². The van der Waals surface area contributed by atoms with Crippen LogP contribution in [0.4, 0.5) is 0 Å². The molecule has 0 aromatic carbocycles. The summed E-state index contributed by atoms with van der Waals surface area (Å²) >= 11 is 0. The van der Waals surface area contributed by atoms with E-state index >= 15 is 0 Å². The SMILES string of the molecule is CC(C)C1CCC(C(=O)CC2CCCC2)CC1. The second-order valence-corrected chi connectivity index (χ2v) is 6.68. The van der Waals surface area contributed by atoms with E-state index in [2.05, 4.69) is 13.8 Å². The zero-order valence-electron chi connectivity index (χ0n) is 11.6. The Morgan fingerprint density at radius 3 is 2.12 bits per heavy atom. The minimum Gasteiger partial charge on any atom is -0.299 e. The molecule has 0 aromatic heterocycles. The summed E-state index contributed by atoms with van der Waals surface area (Å²) in [6.45, 7) is 4.65. The van der Waals surface area contributed by atoms with Gasteiger partial charge in [-0.3, -0.25) is 4.79 Å². The van der Waals surface area contributed by atoms with E-state index in [4.69, 9.17) is 0 Å². The van der Waals surface area contributed by atoms with Gasteiger partial charge in [0.2, 0.25) is 0 Å². The van der Waals surface area contributed by atoms with Gasteiger partial charge in [-0.15, -0.1) is 0 Å². The van der Waals surface area contributed by atoms with Crippen LogP contribution in [0.2, 0.25) is 0 Å². The van der Waals surface area contributed by atoms with Crippen molar-refractivity contribution in [3.05, 3.63) is 0 Å². The van der Waals surface area contributed by atoms with Crippen LogP contribution in [0, 0.1) is 23.7 Å². The first kappa shape index (κ1) is 13.1. The maximum absolute atomic E-state index is 12.2. The molecule has 0 N–H and O–H groups in total. The Labute approximate surface area is 106 Å². The third-order valence-corrected chi connectivity index (χ3v) is 5.13. The predicted octanol–water partition coefficient (Wildman–Crippen LogP) is 4.60. The van der Waals surface area contributed by atoms with Crippen LogP contribution in [0.15, 0.2) is 0 Å². The molecule has 0 aliphatic heterocycles. The van der Waals surface area contributed by atoms with Crippen LogP contribution in [-0.4, -0.2) is 5.78 Å². The van der Waals surface area contributed by atoms with Gasteiger partial charge >= 0.3 is 0 Å². The molecule has 1 nitrogen and oxygen atoms in total. The van der Waals surface area contributed by atoms with Crippen molar-refractivity contribution in [2.24, 2.45) is 23.7 Å². The second-order valence-electron chi connectivity index (χ2n) is 6.68. The first-order valence-corrected chi connectivity index (χ1v) is 7.69. The largest absolute Gasteiger partial charge is 0.299 e. The standard InChI is InChI=1S/C16H28O/c1-12(2)14-7-9-15(10-8-14)16(17)11-13-5-3-4-6-13/h12-15H,3-11H2,1-2H3. The molecule has 0 saturated heterocycles. The zero-order chi connectivity index (χ0) is 12.3. The third-order valence-electron chi connectivity index (χ3n) is 5.13. The molecular formula is C16H28O. The van der Waals surface area contributed by atoms with Crippen LogP contribution < -0.4 is 0 Å². The van der Waals surface area contributed by atoms with Gasteiger partial charge in [-0.05, 0) is 43.4 Å². The van der Waals surface area contributed by atoms with Crippen LogP contribution in [0.5, 0.6) is 0 Å². The molecule has 2 saturated carbocycles. The summed E-state index contributed by atoms with van der Waals surface area (Å²) in [4.78, 5) is 12.2. The molecule has 0 unspecified atom stereocenters. The molecular weight excluding hydrogens is 208 g/mol. The quantitative estimate of drug-likeness (QED) is 0.697. The average Bonchev–Trinajstić information content (AvgIpc) is 2.82. The summed E-state index contributed by atoms with van der Waals surface area (Å²) < 4.78 is 0. The molecule has 0 spiro atoms. The molecule has 0 aromatic rings. The van der Waals surface area contributed by atoms with E-state index < -0.39 is 0 Å². The normalized spacial score (nSPS) is 31.0. The highest BCUT2D eigenvalue weighted by Gasteiger charge is 2.29. The Bertz CT molecular complexity index is 242. The van der Waals surface area contributed by atoms with Crippen LogP contribution in [0.3, 0.4) is 0 Å². The highest BCUT2D eigenvalue weighted by molar-refractivity contribution is 5.81. The van der Waals surface area contributed by atoms with Crippen LogP contribution in [0.25, 0.3) is 0 Å². The molecule has 0 bridgehead atoms. The molecule has 1 heteroatoms. The lowest BCUT2D eigenvalue weighted by Gasteiger charge is -2.30. The molecule has 0 amide bonds. The molecule has 17 heavy (non-hydrogen) atoms. The summed E-state index contributed by atoms with van der Waals surface area (Å²) in [7, 11) is 0. The van der Waals surface area contributed by atoms with Gasteiger partial charge < -0.3 is 0 Å². The van der Waals surface area contributed by atoms with Gasteiger partial charge in [0.1, 0.15) is 5.78 Å². The smallest absolute Gasteiger partial charge is 0.136 e. The van der Waals surface area contributed by atoms with Gasteiger partial charge in [0.05, 0.1) is 0 Å². The zero-order valence-corrected chi connectivity index (χ0v) is 11.6. The number of hydrogen-bond donors (Lipinski definition) is 0. The number of hydrogen-bond acceptors (Lipinski definition) is 1. The maximum Gasteiger partial charge on any atom is 0.136 e. The monoisotopic (exact) mass is 236 g/mol. The molecule has 98 valence electrons. The van der Waals surface area contributed by atoms with Gasteiger partial charge in [-0.1, -0.05) is 39.5 Å². The number of carbonyl (C=O) groups is 1. The minimum atomic E-state index is 0.422. The van der Waals surface area contributed by atoms with E-state index in [1.165, 1.54) is 51.4 Å². The number of Topliss-reactive ketones (excluding diaryl/α,β-unsaturated/α-hetero) is 1. The molecule has 2 aliphatic rings. The van der Waals surface area contributed by atoms with E-state index in [-0.39, 0.29) is 0 Å². The van der Waals surface area contributed by atoms with Crippen molar-refractivity contribution in [3.63, 3.8) is 0 Å². The van der Waals surface area contributed by atoms with Crippen molar-refractivity contribution >= 4 is 5.78 Å². The Hall–Kier alpha value is -0.330. The lowest BCUT2D eigenvalue weighted by atomic mass is 9.74. The lowest BCUT2D eigenvalue weighted by molar-refractivity contribution is -0.125. The highest BCUT2D eigenvalue weighted by atomic mass is 16.1. The topological polar surface area (TPSA) is 17.1 Å². The van der Waals surface area contributed by atoms with E-state index in [9.17, 15) is 4.79 Å². The highest BCUT2D eigenvalue weighted by Crippen LogP contribution is 2.36. The van der Waals surface area contributed by atoms with Crippen LogP contribution in [0.1, 0.15) is 71.6 Å². The summed E-state index contributed by atoms with van der Waals surface area (Å²) in [5, 5.41) is 0. The summed E-state index contributed by atoms with van der Waals surface area (Å²) in [6.07, 6.45) is 11.2. The Morgan fingerprint density at radius 2 is 1.59 bits per heavy atom. The van der Waals surface area contributed by atoms with E-state index in [0.717, 1.165) is 24.2 Å². The first-order valence-electron chi connectivity index (χ1n) is 7.69. The summed E-state index contributed by atoms with van der Waals surface area (Å²) in [5.74, 6) is 3.45. The number of carbonyl (C=O) groups excluding carboxylic acids is 1. The van der Waals surface area contributed by atoms with Crippen molar-refractivity contribution in [1.82, 2.24) is 0 Å². The molecule has 0 atom stereocenters. The molecule has 2 rings (SSSR count). The first-order chi connectivity index (χ1) is 8.16. The van der Waals surface area contributed by atoms with Gasteiger partial charge in [0.15, 0.2) is 0 Å². The molecule has 2 aliphatic carbocycles. The van der Waals surface area contributed by atoms with Crippen LogP contribution in [-0.2, 0) is 4.79 Å². The van der Waals surface area contributed by atoms with Crippen molar-refractivity contribution < 1.29 is 4.79 Å². The second kappa shape index (κ2) is 6.02. The van der Waals surface area contributed by atoms with Gasteiger partial charge in [0, 0.05) is 12.3 Å².